The van der Waals surface area contributed by atoms with Gasteiger partial charge in [0, 0.05) is 18.8 Å². The summed E-state index contributed by atoms with van der Waals surface area (Å²) in [7, 11) is -3.00. The Balaban J connectivity index is 3.44. The summed E-state index contributed by atoms with van der Waals surface area (Å²) in [6.45, 7) is 1.65. The third-order valence-electron chi connectivity index (χ3n) is 1.54. The first-order valence-corrected chi connectivity index (χ1v) is 6.64. The number of nitrogens with one attached hydrogen (secondary N) is 1. The van der Waals surface area contributed by atoms with Crippen molar-refractivity contribution in [3.8, 4) is 0 Å². The molecule has 0 heterocycles. The predicted octanol–water partition coefficient (Wildman–Crippen LogP) is 0.291. The summed E-state index contributed by atoms with van der Waals surface area (Å²) in [5.74, 6) is 0.0296. The molecule has 15 heavy (non-hydrogen) atoms. The Morgan fingerprint density at radius 1 is 1.40 bits per heavy atom. The summed E-state index contributed by atoms with van der Waals surface area (Å²) in [6, 6.07) is -0.199. The maximum absolute atomic E-state index is 11.6. The molecule has 0 saturated heterocycles. The highest BCUT2D eigenvalue weighted by atomic mass is 32.2. The average Bonchev–Trinajstić information content (AvgIpc) is 1.99. The summed E-state index contributed by atoms with van der Waals surface area (Å²) in [4.78, 5) is 0. The van der Waals surface area contributed by atoms with Crippen LogP contribution in [0.4, 0.5) is 8.78 Å². The van der Waals surface area contributed by atoms with Gasteiger partial charge in [0.1, 0.15) is 16.4 Å². The van der Waals surface area contributed by atoms with Crippen LogP contribution in [0.5, 0.6) is 0 Å². The van der Waals surface area contributed by atoms with Crippen LogP contribution in [-0.4, -0.2) is 52.7 Å². The summed E-state index contributed by atoms with van der Waals surface area (Å²) in [5, 5.41) is 2.86. The van der Waals surface area contributed by atoms with E-state index in [1.165, 1.54) is 0 Å². The van der Waals surface area contributed by atoms with Crippen molar-refractivity contribution < 1.29 is 21.9 Å². The molecular formula is C8H17F2NO3S. The Kier molecular flexibility index (Phi) is 6.95. The molecule has 0 aliphatic carbocycles. The number of halogens is 2. The number of sulfone groups is 1. The lowest BCUT2D eigenvalue weighted by molar-refractivity contribution is 0.0184. The van der Waals surface area contributed by atoms with E-state index in [2.05, 4.69) is 10.1 Å². The zero-order chi connectivity index (χ0) is 11.9. The van der Waals surface area contributed by atoms with Gasteiger partial charge in [-0.3, -0.25) is 0 Å². The predicted molar refractivity (Wildman–Crippen MR) is 54.0 cm³/mol. The second-order valence-corrected chi connectivity index (χ2v) is 5.60. The molecule has 0 aromatic rings. The molecule has 0 aromatic carbocycles. The van der Waals surface area contributed by atoms with Crippen molar-refractivity contribution in [1.82, 2.24) is 5.32 Å². The summed E-state index contributed by atoms with van der Waals surface area (Å²) < 4.78 is 49.5. The van der Waals surface area contributed by atoms with Crippen LogP contribution >= 0.6 is 0 Å². The van der Waals surface area contributed by atoms with Gasteiger partial charge in [0.2, 0.25) is 0 Å². The third-order valence-corrected chi connectivity index (χ3v) is 2.64. The van der Waals surface area contributed by atoms with Gasteiger partial charge in [-0.25, -0.2) is 17.2 Å². The first-order valence-electron chi connectivity index (χ1n) is 4.58. The number of rotatable bonds is 8. The summed E-state index contributed by atoms with van der Waals surface area (Å²) >= 11 is 0. The van der Waals surface area contributed by atoms with Crippen LogP contribution in [-0.2, 0) is 14.6 Å². The van der Waals surface area contributed by atoms with Crippen LogP contribution in [0.1, 0.15) is 6.92 Å². The van der Waals surface area contributed by atoms with Crippen molar-refractivity contribution in [2.45, 2.75) is 19.4 Å². The highest BCUT2D eigenvalue weighted by Gasteiger charge is 2.09. The molecule has 92 valence electrons. The molecule has 0 radical (unpaired) electrons. The van der Waals surface area contributed by atoms with Gasteiger partial charge in [-0.1, -0.05) is 0 Å². The van der Waals surface area contributed by atoms with Crippen LogP contribution < -0.4 is 5.32 Å². The minimum atomic E-state index is -3.00. The molecule has 0 rings (SSSR count). The van der Waals surface area contributed by atoms with E-state index < -0.39 is 22.9 Å². The zero-order valence-electron chi connectivity index (χ0n) is 8.87. The average molecular weight is 245 g/mol. The van der Waals surface area contributed by atoms with Crippen molar-refractivity contribution >= 4 is 9.84 Å². The van der Waals surface area contributed by atoms with E-state index in [4.69, 9.17) is 0 Å². The van der Waals surface area contributed by atoms with Gasteiger partial charge in [0.25, 0.3) is 6.43 Å². The lowest BCUT2D eigenvalue weighted by atomic mass is 10.4. The molecule has 0 fully saturated rings. The Hall–Kier alpha value is -0.270. The molecule has 0 amide bonds. The molecule has 0 aliphatic rings. The topological polar surface area (TPSA) is 55.4 Å². The van der Waals surface area contributed by atoms with E-state index in [1.54, 1.807) is 6.92 Å². The highest BCUT2D eigenvalue weighted by molar-refractivity contribution is 7.90. The van der Waals surface area contributed by atoms with Gasteiger partial charge in [0.15, 0.2) is 0 Å². The Bertz CT molecular complexity index is 257. The summed E-state index contributed by atoms with van der Waals surface area (Å²) in [6.07, 6.45) is -1.31. The molecule has 1 N–H and O–H groups in total. The molecule has 0 aliphatic heterocycles. The van der Waals surface area contributed by atoms with Gasteiger partial charge in [-0.15, -0.1) is 0 Å². The van der Waals surface area contributed by atoms with Gasteiger partial charge in [-0.05, 0) is 6.92 Å². The fraction of sp³-hybridized carbons (Fsp3) is 1.00. The monoisotopic (exact) mass is 245 g/mol. The normalized spacial score (nSPS) is 14.5. The van der Waals surface area contributed by atoms with Crippen molar-refractivity contribution in [3.05, 3.63) is 0 Å². The van der Waals surface area contributed by atoms with E-state index in [0.717, 1.165) is 6.26 Å². The smallest absolute Gasteiger partial charge is 0.261 e. The number of hydrogen-bond donors (Lipinski definition) is 1. The van der Waals surface area contributed by atoms with Crippen molar-refractivity contribution in [2.24, 2.45) is 0 Å². The molecule has 0 saturated carbocycles. The van der Waals surface area contributed by atoms with Crippen LogP contribution in [0, 0.1) is 0 Å². The Labute approximate surface area is 88.9 Å². The van der Waals surface area contributed by atoms with Gasteiger partial charge in [0.05, 0.1) is 12.4 Å². The lowest BCUT2D eigenvalue weighted by Crippen LogP contribution is -2.35. The fourth-order valence-electron chi connectivity index (χ4n) is 1.06. The maximum atomic E-state index is 11.6. The molecule has 0 aromatic heterocycles. The van der Waals surface area contributed by atoms with Crippen molar-refractivity contribution in [3.63, 3.8) is 0 Å². The molecule has 0 spiro atoms. The summed E-state index contributed by atoms with van der Waals surface area (Å²) in [5.41, 5.74) is 0. The first-order chi connectivity index (χ1) is 6.81. The highest BCUT2D eigenvalue weighted by Crippen LogP contribution is 1.92. The molecule has 1 atom stereocenters. The van der Waals surface area contributed by atoms with E-state index in [1.807, 2.05) is 0 Å². The fourth-order valence-corrected chi connectivity index (χ4v) is 2.09. The van der Waals surface area contributed by atoms with Gasteiger partial charge < -0.3 is 10.1 Å². The van der Waals surface area contributed by atoms with E-state index in [0.29, 0.717) is 6.54 Å². The van der Waals surface area contributed by atoms with Crippen LogP contribution in [0.15, 0.2) is 0 Å². The minimum absolute atomic E-state index is 0.0296. The maximum Gasteiger partial charge on any atom is 0.261 e. The van der Waals surface area contributed by atoms with E-state index in [-0.39, 0.29) is 18.4 Å². The van der Waals surface area contributed by atoms with Crippen molar-refractivity contribution in [2.75, 3.05) is 31.8 Å². The molecular weight excluding hydrogens is 228 g/mol. The SMILES string of the molecule is CC(CS(C)(=O)=O)NCCOCC(F)F. The molecule has 1 unspecified atom stereocenters. The number of ether oxygens (including phenoxy) is 1. The van der Waals surface area contributed by atoms with E-state index >= 15 is 0 Å². The van der Waals surface area contributed by atoms with E-state index in [9.17, 15) is 17.2 Å². The molecule has 4 nitrogen and oxygen atoms in total. The lowest BCUT2D eigenvalue weighted by Gasteiger charge is -2.12. The number of hydrogen-bond acceptors (Lipinski definition) is 4. The van der Waals surface area contributed by atoms with Crippen molar-refractivity contribution in [1.29, 1.82) is 0 Å². The number of alkyl halides is 2. The van der Waals surface area contributed by atoms with Crippen LogP contribution in [0.3, 0.4) is 0 Å². The van der Waals surface area contributed by atoms with Crippen LogP contribution in [0.25, 0.3) is 0 Å². The minimum Gasteiger partial charge on any atom is -0.374 e. The zero-order valence-corrected chi connectivity index (χ0v) is 9.69. The Morgan fingerprint density at radius 3 is 2.47 bits per heavy atom. The first kappa shape index (κ1) is 14.7. The molecule has 0 bridgehead atoms. The standard InChI is InChI=1S/C8H17F2NO3S/c1-7(6-15(2,12)13)11-3-4-14-5-8(9)10/h7-8,11H,3-6H2,1-2H3. The quantitative estimate of drug-likeness (QED) is 0.625. The second-order valence-electron chi connectivity index (χ2n) is 3.41. The second kappa shape index (κ2) is 7.08. The van der Waals surface area contributed by atoms with Gasteiger partial charge in [-0.2, -0.15) is 0 Å². The van der Waals surface area contributed by atoms with Crippen LogP contribution in [0.2, 0.25) is 0 Å². The van der Waals surface area contributed by atoms with Gasteiger partial charge >= 0.3 is 0 Å². The Morgan fingerprint density at radius 2 is 2.00 bits per heavy atom. The largest absolute Gasteiger partial charge is 0.374 e. The molecule has 7 heteroatoms. The third kappa shape index (κ3) is 11.7.